The molecule has 5 nitrogen and oxygen atoms in total. The van der Waals surface area contributed by atoms with E-state index in [1.54, 1.807) is 24.6 Å². The normalized spacial score (nSPS) is 12.8. The van der Waals surface area contributed by atoms with E-state index >= 15 is 0 Å². The van der Waals surface area contributed by atoms with Crippen LogP contribution in [0.15, 0.2) is 53.7 Å². The SMILES string of the molecule is Cc1nc(S(=O)(=O)Nc2ccc3c(c2)Cc2ccccc2-3)cn1C. The van der Waals surface area contributed by atoms with Crippen LogP contribution in [-0.4, -0.2) is 18.0 Å². The molecule has 1 heterocycles. The van der Waals surface area contributed by atoms with Crippen LogP contribution in [0.2, 0.25) is 0 Å². The maximum Gasteiger partial charge on any atom is 0.280 e. The van der Waals surface area contributed by atoms with Crippen LogP contribution < -0.4 is 4.72 Å². The van der Waals surface area contributed by atoms with Gasteiger partial charge in [-0.05, 0) is 47.7 Å². The minimum absolute atomic E-state index is 0.0336. The molecule has 24 heavy (non-hydrogen) atoms. The van der Waals surface area contributed by atoms with E-state index in [1.807, 2.05) is 24.3 Å². The summed E-state index contributed by atoms with van der Waals surface area (Å²) in [4.78, 5) is 4.10. The number of hydrogen-bond acceptors (Lipinski definition) is 3. The lowest BCUT2D eigenvalue weighted by Gasteiger charge is -2.08. The molecule has 1 aliphatic rings. The number of anilines is 1. The molecule has 4 rings (SSSR count). The first-order chi connectivity index (χ1) is 11.4. The van der Waals surface area contributed by atoms with Crippen LogP contribution in [0.4, 0.5) is 5.69 Å². The summed E-state index contributed by atoms with van der Waals surface area (Å²) in [5.74, 6) is 0.653. The fourth-order valence-electron chi connectivity index (χ4n) is 3.07. The van der Waals surface area contributed by atoms with E-state index in [9.17, 15) is 8.42 Å². The molecule has 0 bridgehead atoms. The second-order valence-electron chi connectivity index (χ2n) is 6.05. The number of rotatable bonds is 3. The summed E-state index contributed by atoms with van der Waals surface area (Å²) in [6.45, 7) is 1.77. The van der Waals surface area contributed by atoms with Crippen LogP contribution in [0.3, 0.4) is 0 Å². The van der Waals surface area contributed by atoms with Crippen molar-refractivity contribution in [3.8, 4) is 11.1 Å². The van der Waals surface area contributed by atoms with Gasteiger partial charge in [0, 0.05) is 18.9 Å². The lowest BCUT2D eigenvalue weighted by molar-refractivity contribution is 0.598. The van der Waals surface area contributed by atoms with Gasteiger partial charge in [0.15, 0.2) is 5.03 Å². The minimum Gasteiger partial charge on any atom is -0.337 e. The summed E-state index contributed by atoms with van der Waals surface area (Å²) in [5, 5.41) is 0.0336. The van der Waals surface area contributed by atoms with Gasteiger partial charge in [-0.15, -0.1) is 0 Å². The van der Waals surface area contributed by atoms with Crippen LogP contribution in [0.1, 0.15) is 17.0 Å². The Hall–Kier alpha value is -2.60. The Balaban J connectivity index is 1.66. The highest BCUT2D eigenvalue weighted by atomic mass is 32.2. The average molecular weight is 339 g/mol. The molecule has 0 saturated carbocycles. The number of hydrogen-bond donors (Lipinski definition) is 1. The third-order valence-electron chi connectivity index (χ3n) is 4.41. The van der Waals surface area contributed by atoms with E-state index in [-0.39, 0.29) is 5.03 Å². The van der Waals surface area contributed by atoms with Crippen molar-refractivity contribution in [3.63, 3.8) is 0 Å². The standard InChI is InChI=1S/C18H17N3O2S/c1-12-19-18(11-21(12)2)24(22,23)20-15-7-8-17-14(10-15)9-13-5-3-4-6-16(13)17/h3-8,10-11,20H,9H2,1-2H3. The molecule has 2 aromatic carbocycles. The molecule has 1 N–H and O–H groups in total. The van der Waals surface area contributed by atoms with Crippen molar-refractivity contribution in [1.82, 2.24) is 9.55 Å². The van der Waals surface area contributed by atoms with Crippen molar-refractivity contribution in [1.29, 1.82) is 0 Å². The number of imidazole rings is 1. The molecule has 0 atom stereocenters. The number of sulfonamides is 1. The summed E-state index contributed by atoms with van der Waals surface area (Å²) >= 11 is 0. The van der Waals surface area contributed by atoms with Gasteiger partial charge in [-0.1, -0.05) is 30.3 Å². The quantitative estimate of drug-likeness (QED) is 0.624. The van der Waals surface area contributed by atoms with Gasteiger partial charge in [0.25, 0.3) is 10.0 Å². The monoisotopic (exact) mass is 339 g/mol. The molecular formula is C18H17N3O2S. The predicted molar refractivity (Wildman–Crippen MR) is 93.4 cm³/mol. The van der Waals surface area contributed by atoms with Crippen molar-refractivity contribution in [2.45, 2.75) is 18.4 Å². The fourth-order valence-corrected chi connectivity index (χ4v) is 4.16. The average Bonchev–Trinajstić information content (AvgIpc) is 3.07. The van der Waals surface area contributed by atoms with E-state index in [1.165, 1.54) is 22.9 Å². The Kier molecular flexibility index (Phi) is 3.25. The molecule has 6 heteroatoms. The summed E-state index contributed by atoms with van der Waals surface area (Å²) < 4.78 is 29.3. The van der Waals surface area contributed by atoms with Gasteiger partial charge < -0.3 is 4.57 Å². The van der Waals surface area contributed by atoms with Gasteiger partial charge in [-0.2, -0.15) is 8.42 Å². The molecule has 0 amide bonds. The second-order valence-corrected chi connectivity index (χ2v) is 7.68. The highest BCUT2D eigenvalue weighted by molar-refractivity contribution is 7.92. The number of nitrogens with one attached hydrogen (secondary N) is 1. The largest absolute Gasteiger partial charge is 0.337 e. The number of aromatic nitrogens is 2. The lowest BCUT2D eigenvalue weighted by Crippen LogP contribution is -2.13. The first-order valence-electron chi connectivity index (χ1n) is 7.68. The summed E-state index contributed by atoms with van der Waals surface area (Å²) in [5.41, 5.74) is 5.36. The molecule has 122 valence electrons. The Morgan fingerprint density at radius 3 is 2.58 bits per heavy atom. The van der Waals surface area contributed by atoms with Crippen molar-refractivity contribution >= 4 is 15.7 Å². The highest BCUT2D eigenvalue weighted by Gasteiger charge is 2.21. The number of benzene rings is 2. The zero-order chi connectivity index (χ0) is 16.9. The van der Waals surface area contributed by atoms with Gasteiger partial charge >= 0.3 is 0 Å². The third kappa shape index (κ3) is 2.39. The van der Waals surface area contributed by atoms with E-state index in [2.05, 4.69) is 21.8 Å². The van der Waals surface area contributed by atoms with Crippen molar-refractivity contribution in [2.24, 2.45) is 7.05 Å². The number of aryl methyl sites for hydroxylation is 2. The Morgan fingerprint density at radius 2 is 1.83 bits per heavy atom. The molecule has 0 fully saturated rings. The predicted octanol–water partition coefficient (Wildman–Crippen LogP) is 3.10. The Morgan fingerprint density at radius 1 is 1.08 bits per heavy atom. The molecular weight excluding hydrogens is 322 g/mol. The molecule has 3 aromatic rings. The van der Waals surface area contributed by atoms with Gasteiger partial charge in [0.05, 0.1) is 0 Å². The highest BCUT2D eigenvalue weighted by Crippen LogP contribution is 2.37. The maximum absolute atomic E-state index is 12.5. The molecule has 0 spiro atoms. The molecule has 1 aliphatic carbocycles. The number of fused-ring (bicyclic) bond motifs is 3. The fraction of sp³-hybridized carbons (Fsp3) is 0.167. The van der Waals surface area contributed by atoms with E-state index in [4.69, 9.17) is 0 Å². The van der Waals surface area contributed by atoms with E-state index in [0.29, 0.717) is 11.5 Å². The third-order valence-corrected chi connectivity index (χ3v) is 5.66. The van der Waals surface area contributed by atoms with Crippen LogP contribution in [-0.2, 0) is 23.5 Å². The summed E-state index contributed by atoms with van der Waals surface area (Å²) in [6.07, 6.45) is 2.34. The maximum atomic E-state index is 12.5. The van der Waals surface area contributed by atoms with Gasteiger partial charge in [0.1, 0.15) is 5.82 Å². The molecule has 1 aromatic heterocycles. The van der Waals surface area contributed by atoms with Gasteiger partial charge in [-0.25, -0.2) is 4.98 Å². The van der Waals surface area contributed by atoms with Crippen molar-refractivity contribution in [3.05, 3.63) is 65.6 Å². The van der Waals surface area contributed by atoms with Crippen LogP contribution in [0.25, 0.3) is 11.1 Å². The molecule has 0 radical (unpaired) electrons. The smallest absolute Gasteiger partial charge is 0.280 e. The zero-order valence-electron chi connectivity index (χ0n) is 13.4. The first-order valence-corrected chi connectivity index (χ1v) is 9.16. The molecule has 0 saturated heterocycles. The summed E-state index contributed by atoms with van der Waals surface area (Å²) in [6, 6.07) is 13.9. The van der Waals surface area contributed by atoms with E-state index < -0.39 is 10.0 Å². The molecule has 0 unspecified atom stereocenters. The Labute approximate surface area is 141 Å². The van der Waals surface area contributed by atoms with Gasteiger partial charge in [-0.3, -0.25) is 4.72 Å². The van der Waals surface area contributed by atoms with Crippen molar-refractivity contribution < 1.29 is 8.42 Å². The zero-order valence-corrected chi connectivity index (χ0v) is 14.3. The summed E-state index contributed by atoms with van der Waals surface area (Å²) in [7, 11) is -1.91. The minimum atomic E-state index is -3.68. The topological polar surface area (TPSA) is 64.0 Å². The first kappa shape index (κ1) is 15.0. The number of nitrogens with zero attached hydrogens (tertiary/aromatic N) is 2. The molecule has 0 aliphatic heterocycles. The van der Waals surface area contributed by atoms with E-state index in [0.717, 1.165) is 12.0 Å². The Bertz CT molecular complexity index is 1030. The second kappa shape index (κ2) is 5.21. The lowest BCUT2D eigenvalue weighted by atomic mass is 10.1. The van der Waals surface area contributed by atoms with Crippen molar-refractivity contribution in [2.75, 3.05) is 4.72 Å². The van der Waals surface area contributed by atoms with Crippen LogP contribution in [0.5, 0.6) is 0 Å². The van der Waals surface area contributed by atoms with Crippen LogP contribution in [0, 0.1) is 6.92 Å². The van der Waals surface area contributed by atoms with Crippen LogP contribution >= 0.6 is 0 Å². The van der Waals surface area contributed by atoms with Gasteiger partial charge in [0.2, 0.25) is 0 Å².